The van der Waals surface area contributed by atoms with E-state index in [0.717, 1.165) is 5.56 Å². The van der Waals surface area contributed by atoms with E-state index in [-0.39, 0.29) is 5.75 Å². The summed E-state index contributed by atoms with van der Waals surface area (Å²) in [6.07, 6.45) is 3.67. The molecular weight excluding hydrogens is 138 g/mol. The number of nitrogens with two attached hydrogens (primary N) is 1. The first kappa shape index (κ1) is 7.66. The molecule has 2 nitrogen and oxygen atoms in total. The van der Waals surface area contributed by atoms with E-state index in [4.69, 9.17) is 5.73 Å². The zero-order chi connectivity index (χ0) is 8.27. The summed E-state index contributed by atoms with van der Waals surface area (Å²) >= 11 is 0. The number of allylic oxidation sites excluding steroid dienone is 1. The zero-order valence-electron chi connectivity index (χ0n) is 6.41. The Balaban J connectivity index is 3.12. The first-order chi connectivity index (χ1) is 5.24. The molecule has 3 N–H and O–H groups in total. The molecule has 0 fully saturated rings. The minimum atomic E-state index is 0.261. The second-order valence-corrected chi connectivity index (χ2v) is 2.32. The molecule has 0 bridgehead atoms. The summed E-state index contributed by atoms with van der Waals surface area (Å²) in [5, 5.41) is 9.26. The van der Waals surface area contributed by atoms with Gasteiger partial charge in [-0.2, -0.15) is 0 Å². The third-order valence-corrected chi connectivity index (χ3v) is 1.40. The van der Waals surface area contributed by atoms with E-state index in [1.807, 2.05) is 19.1 Å². The molecule has 0 heterocycles. The van der Waals surface area contributed by atoms with Gasteiger partial charge in [0.15, 0.2) is 0 Å². The predicted molar refractivity (Wildman–Crippen MR) is 47.2 cm³/mol. The average molecular weight is 149 g/mol. The summed E-state index contributed by atoms with van der Waals surface area (Å²) < 4.78 is 0. The van der Waals surface area contributed by atoms with Gasteiger partial charge in [0.1, 0.15) is 5.75 Å². The minimum absolute atomic E-state index is 0.261. The first-order valence-corrected chi connectivity index (χ1v) is 3.45. The van der Waals surface area contributed by atoms with Crippen molar-refractivity contribution in [2.45, 2.75) is 6.92 Å². The molecule has 0 unspecified atom stereocenters. The lowest BCUT2D eigenvalue weighted by atomic mass is 10.1. The molecule has 0 amide bonds. The van der Waals surface area contributed by atoms with E-state index in [9.17, 15) is 5.11 Å². The minimum Gasteiger partial charge on any atom is -0.507 e. The summed E-state index contributed by atoms with van der Waals surface area (Å²) in [5.41, 5.74) is 6.93. The van der Waals surface area contributed by atoms with Gasteiger partial charge in [-0.25, -0.2) is 0 Å². The van der Waals surface area contributed by atoms with Crippen LogP contribution in [-0.2, 0) is 0 Å². The van der Waals surface area contributed by atoms with Gasteiger partial charge in [0, 0.05) is 11.3 Å². The number of rotatable bonds is 1. The Labute approximate surface area is 66.0 Å². The summed E-state index contributed by atoms with van der Waals surface area (Å²) in [6.45, 7) is 1.89. The van der Waals surface area contributed by atoms with E-state index in [1.54, 1.807) is 18.2 Å². The van der Waals surface area contributed by atoms with Gasteiger partial charge in [0.05, 0.1) is 0 Å². The van der Waals surface area contributed by atoms with Gasteiger partial charge in [-0.1, -0.05) is 12.2 Å². The van der Waals surface area contributed by atoms with Gasteiger partial charge < -0.3 is 10.8 Å². The van der Waals surface area contributed by atoms with Crippen molar-refractivity contribution in [1.82, 2.24) is 0 Å². The predicted octanol–water partition coefficient (Wildman–Crippen LogP) is 2.01. The van der Waals surface area contributed by atoms with Crippen LogP contribution in [0.15, 0.2) is 24.3 Å². The summed E-state index contributed by atoms with van der Waals surface area (Å²) in [7, 11) is 0. The molecule has 0 atom stereocenters. The van der Waals surface area contributed by atoms with Gasteiger partial charge in [-0.05, 0) is 25.1 Å². The molecule has 0 aliphatic carbocycles. The fourth-order valence-corrected chi connectivity index (χ4v) is 0.886. The Morgan fingerprint density at radius 2 is 2.18 bits per heavy atom. The molecule has 1 aromatic rings. The van der Waals surface area contributed by atoms with Gasteiger partial charge in [0.25, 0.3) is 0 Å². The molecule has 0 saturated heterocycles. The lowest BCUT2D eigenvalue weighted by Gasteiger charge is -1.99. The second kappa shape index (κ2) is 3.10. The molecule has 0 saturated carbocycles. The Hall–Kier alpha value is -1.44. The van der Waals surface area contributed by atoms with Gasteiger partial charge in [0.2, 0.25) is 0 Å². The Kier molecular flexibility index (Phi) is 2.16. The Morgan fingerprint density at radius 3 is 2.82 bits per heavy atom. The highest BCUT2D eigenvalue weighted by atomic mass is 16.3. The third-order valence-electron chi connectivity index (χ3n) is 1.40. The van der Waals surface area contributed by atoms with Crippen molar-refractivity contribution in [2.75, 3.05) is 5.73 Å². The molecule has 2 heteroatoms. The molecule has 0 aliphatic heterocycles. The fraction of sp³-hybridized carbons (Fsp3) is 0.111. The highest BCUT2D eigenvalue weighted by molar-refractivity contribution is 5.61. The van der Waals surface area contributed by atoms with E-state index in [1.165, 1.54) is 0 Å². The van der Waals surface area contributed by atoms with Crippen LogP contribution in [0.1, 0.15) is 12.5 Å². The van der Waals surface area contributed by atoms with Crippen molar-refractivity contribution in [3.8, 4) is 5.75 Å². The van der Waals surface area contributed by atoms with E-state index < -0.39 is 0 Å². The highest BCUT2D eigenvalue weighted by Gasteiger charge is 1.95. The van der Waals surface area contributed by atoms with Crippen LogP contribution in [0.4, 0.5) is 5.69 Å². The van der Waals surface area contributed by atoms with Crippen LogP contribution < -0.4 is 5.73 Å². The van der Waals surface area contributed by atoms with Gasteiger partial charge >= 0.3 is 0 Å². The Morgan fingerprint density at radius 1 is 1.45 bits per heavy atom. The van der Waals surface area contributed by atoms with Crippen molar-refractivity contribution in [2.24, 2.45) is 0 Å². The van der Waals surface area contributed by atoms with Crippen molar-refractivity contribution in [3.05, 3.63) is 29.8 Å². The van der Waals surface area contributed by atoms with E-state index in [0.29, 0.717) is 5.69 Å². The van der Waals surface area contributed by atoms with Crippen LogP contribution in [0.2, 0.25) is 0 Å². The van der Waals surface area contributed by atoms with Crippen LogP contribution in [0.25, 0.3) is 6.08 Å². The number of anilines is 1. The van der Waals surface area contributed by atoms with Crippen LogP contribution in [-0.4, -0.2) is 5.11 Å². The number of phenolic OH excluding ortho intramolecular Hbond substituents is 1. The summed E-state index contributed by atoms with van der Waals surface area (Å²) in [6, 6.07) is 4.99. The average Bonchev–Trinajstić information content (AvgIpc) is 1.98. The summed E-state index contributed by atoms with van der Waals surface area (Å²) in [5.74, 6) is 0.261. The SMILES string of the molecule is C/C=C/c1cc(N)ccc1O. The third kappa shape index (κ3) is 1.74. The normalized spacial score (nSPS) is 10.6. The maximum Gasteiger partial charge on any atom is 0.122 e. The number of hydrogen-bond acceptors (Lipinski definition) is 2. The molecule has 0 aliphatic rings. The molecule has 58 valence electrons. The standard InChI is InChI=1S/C9H11NO/c1-2-3-7-6-8(10)4-5-9(7)11/h2-6,11H,10H2,1H3/b3-2+. The van der Waals surface area contributed by atoms with Crippen molar-refractivity contribution < 1.29 is 5.11 Å². The monoisotopic (exact) mass is 149 g/mol. The lowest BCUT2D eigenvalue weighted by molar-refractivity contribution is 0.474. The fourth-order valence-electron chi connectivity index (χ4n) is 0.886. The highest BCUT2D eigenvalue weighted by Crippen LogP contribution is 2.20. The second-order valence-electron chi connectivity index (χ2n) is 2.32. The smallest absolute Gasteiger partial charge is 0.122 e. The molecule has 0 spiro atoms. The molecule has 0 aromatic heterocycles. The van der Waals surface area contributed by atoms with Crippen molar-refractivity contribution >= 4 is 11.8 Å². The number of aromatic hydroxyl groups is 1. The topological polar surface area (TPSA) is 46.2 Å². The lowest BCUT2D eigenvalue weighted by Crippen LogP contribution is -1.84. The first-order valence-electron chi connectivity index (χ1n) is 3.45. The largest absolute Gasteiger partial charge is 0.507 e. The zero-order valence-corrected chi connectivity index (χ0v) is 6.41. The molecule has 11 heavy (non-hydrogen) atoms. The molecule has 0 radical (unpaired) electrons. The van der Waals surface area contributed by atoms with E-state index >= 15 is 0 Å². The van der Waals surface area contributed by atoms with Crippen LogP contribution >= 0.6 is 0 Å². The van der Waals surface area contributed by atoms with E-state index in [2.05, 4.69) is 0 Å². The van der Waals surface area contributed by atoms with Crippen molar-refractivity contribution in [3.63, 3.8) is 0 Å². The quantitative estimate of drug-likeness (QED) is 0.474. The number of benzene rings is 1. The molecule has 1 aromatic carbocycles. The van der Waals surface area contributed by atoms with Crippen LogP contribution in [0.5, 0.6) is 5.75 Å². The molecule has 1 rings (SSSR count). The maximum atomic E-state index is 9.26. The van der Waals surface area contributed by atoms with Crippen LogP contribution in [0, 0.1) is 0 Å². The number of hydrogen-bond donors (Lipinski definition) is 2. The maximum absolute atomic E-state index is 9.26. The number of phenols is 1. The number of nitrogen functional groups attached to an aromatic ring is 1. The summed E-state index contributed by atoms with van der Waals surface area (Å²) in [4.78, 5) is 0. The molecular formula is C9H11NO. The van der Waals surface area contributed by atoms with Gasteiger partial charge in [-0.3, -0.25) is 0 Å². The van der Waals surface area contributed by atoms with Gasteiger partial charge in [-0.15, -0.1) is 0 Å². The Bertz CT molecular complexity index is 279. The van der Waals surface area contributed by atoms with Crippen LogP contribution in [0.3, 0.4) is 0 Å². The van der Waals surface area contributed by atoms with Crippen molar-refractivity contribution in [1.29, 1.82) is 0 Å².